The van der Waals surface area contributed by atoms with Crippen molar-refractivity contribution in [3.8, 4) is 45.9 Å². The van der Waals surface area contributed by atoms with E-state index < -0.39 is 11.2 Å². The van der Waals surface area contributed by atoms with E-state index in [4.69, 9.17) is 0 Å². The van der Waals surface area contributed by atoms with Crippen LogP contribution in [0.2, 0.25) is 0 Å². The molecule has 2 aliphatic carbocycles. The fourth-order valence-corrected chi connectivity index (χ4v) is 7.47. The average Bonchev–Trinajstić information content (AvgIpc) is 3.51. The molecule has 0 saturated carbocycles. The first-order valence-corrected chi connectivity index (χ1v) is 16.3. The standard InChI is InChI=1S/C46H30O2/c47-45(41-19-7-5-17-37(41)39-27-33-13-1-3-15-35(33)29-43(39)45)25-9-11-31-21-23-32(24-22-31)12-10-26-46(48)42-20-8-6-18-38(42)40-28-34-14-2-4-16-36(34)30-44(40)46/h1-8,13-24,27-30,47-48H,11-12H2. The van der Waals surface area contributed by atoms with Gasteiger partial charge in [-0.1, -0.05) is 145 Å². The maximum Gasteiger partial charge on any atom is 0.178 e. The molecule has 48 heavy (non-hydrogen) atoms. The molecule has 2 N–H and O–H groups in total. The smallest absolute Gasteiger partial charge is 0.178 e. The predicted octanol–water partition coefficient (Wildman–Crippen LogP) is 8.92. The minimum atomic E-state index is -1.37. The fourth-order valence-electron chi connectivity index (χ4n) is 7.47. The summed E-state index contributed by atoms with van der Waals surface area (Å²) >= 11 is 0. The number of fused-ring (bicyclic) bond motifs is 8. The summed E-state index contributed by atoms with van der Waals surface area (Å²) in [6.45, 7) is 0. The van der Waals surface area contributed by atoms with Crippen molar-refractivity contribution in [1.82, 2.24) is 0 Å². The average molecular weight is 615 g/mol. The van der Waals surface area contributed by atoms with Gasteiger partial charge in [-0.15, -0.1) is 0 Å². The van der Waals surface area contributed by atoms with Gasteiger partial charge in [-0.05, 0) is 79.2 Å². The van der Waals surface area contributed by atoms with Crippen LogP contribution in [0.15, 0.2) is 146 Å². The van der Waals surface area contributed by atoms with Crippen LogP contribution in [0.3, 0.4) is 0 Å². The van der Waals surface area contributed by atoms with E-state index in [9.17, 15) is 10.2 Å². The summed E-state index contributed by atoms with van der Waals surface area (Å²) in [5.74, 6) is 13.1. The summed E-state index contributed by atoms with van der Waals surface area (Å²) < 4.78 is 0. The topological polar surface area (TPSA) is 40.5 Å². The largest absolute Gasteiger partial charge is 0.369 e. The number of rotatable bonds is 2. The van der Waals surface area contributed by atoms with Crippen LogP contribution in [0.25, 0.3) is 43.8 Å². The van der Waals surface area contributed by atoms with E-state index in [1.807, 2.05) is 60.7 Å². The Balaban J connectivity index is 0.966. The van der Waals surface area contributed by atoms with Gasteiger partial charge >= 0.3 is 0 Å². The second-order valence-electron chi connectivity index (χ2n) is 12.8. The Hall–Kier alpha value is -5.90. The van der Waals surface area contributed by atoms with Crippen molar-refractivity contribution < 1.29 is 10.2 Å². The van der Waals surface area contributed by atoms with Crippen LogP contribution >= 0.6 is 0 Å². The van der Waals surface area contributed by atoms with E-state index >= 15 is 0 Å². The molecule has 2 unspecified atom stereocenters. The molecule has 2 atom stereocenters. The molecule has 0 bridgehead atoms. The van der Waals surface area contributed by atoms with Crippen molar-refractivity contribution in [3.05, 3.63) is 179 Å². The molecule has 2 nitrogen and oxygen atoms in total. The van der Waals surface area contributed by atoms with Crippen LogP contribution < -0.4 is 0 Å². The zero-order chi connectivity index (χ0) is 32.3. The zero-order valence-electron chi connectivity index (χ0n) is 26.2. The molecule has 7 aromatic rings. The van der Waals surface area contributed by atoms with Gasteiger partial charge in [0.05, 0.1) is 0 Å². The lowest BCUT2D eigenvalue weighted by molar-refractivity contribution is 0.150. The molecule has 0 saturated heterocycles. The van der Waals surface area contributed by atoms with Gasteiger partial charge in [0.1, 0.15) is 0 Å². The molecule has 0 amide bonds. The van der Waals surface area contributed by atoms with Gasteiger partial charge in [-0.3, -0.25) is 0 Å². The molecule has 0 spiro atoms. The molecule has 9 rings (SSSR count). The van der Waals surface area contributed by atoms with Crippen molar-refractivity contribution in [2.75, 3.05) is 0 Å². The lowest BCUT2D eigenvalue weighted by Crippen LogP contribution is -2.22. The zero-order valence-corrected chi connectivity index (χ0v) is 26.2. The van der Waals surface area contributed by atoms with Gasteiger partial charge in [-0.2, -0.15) is 0 Å². The minimum absolute atomic E-state index is 0.515. The molecule has 7 aromatic carbocycles. The molecule has 0 aliphatic heterocycles. The van der Waals surface area contributed by atoms with Gasteiger partial charge in [0, 0.05) is 35.1 Å². The third-order valence-electron chi connectivity index (χ3n) is 9.91. The molecule has 0 heterocycles. The molecule has 0 radical (unpaired) electrons. The molecule has 2 heteroatoms. The summed E-state index contributed by atoms with van der Waals surface area (Å²) in [4.78, 5) is 0. The molecule has 2 aliphatic rings. The monoisotopic (exact) mass is 614 g/mol. The third-order valence-corrected chi connectivity index (χ3v) is 9.91. The first-order valence-electron chi connectivity index (χ1n) is 16.3. The highest BCUT2D eigenvalue weighted by molar-refractivity contribution is 5.95. The fraction of sp³-hybridized carbons (Fsp3) is 0.0870. The molecular weight excluding hydrogens is 585 g/mol. The molecule has 0 aromatic heterocycles. The lowest BCUT2D eigenvalue weighted by atomic mass is 9.90. The van der Waals surface area contributed by atoms with E-state index in [-0.39, 0.29) is 0 Å². The van der Waals surface area contributed by atoms with Gasteiger partial charge in [0.2, 0.25) is 0 Å². The Morgan fingerprint density at radius 2 is 0.729 bits per heavy atom. The van der Waals surface area contributed by atoms with Crippen molar-refractivity contribution in [3.63, 3.8) is 0 Å². The molecular formula is C46H30O2. The Bertz CT molecular complexity index is 2380. The van der Waals surface area contributed by atoms with Crippen molar-refractivity contribution in [2.45, 2.75) is 24.0 Å². The summed E-state index contributed by atoms with van der Waals surface area (Å²) in [6, 6.07) is 49.3. The van der Waals surface area contributed by atoms with Crippen molar-refractivity contribution in [1.29, 1.82) is 0 Å². The number of hydrogen-bond donors (Lipinski definition) is 2. The Kier molecular flexibility index (Phi) is 6.40. The van der Waals surface area contributed by atoms with Crippen LogP contribution in [0.5, 0.6) is 0 Å². The maximum atomic E-state index is 12.1. The second-order valence-corrected chi connectivity index (χ2v) is 12.8. The quantitative estimate of drug-likeness (QED) is 0.191. The summed E-state index contributed by atoms with van der Waals surface area (Å²) in [5.41, 5.74) is 6.88. The van der Waals surface area contributed by atoms with Crippen LogP contribution in [0, 0.1) is 23.7 Å². The van der Waals surface area contributed by atoms with Crippen LogP contribution in [0.1, 0.15) is 33.4 Å². The van der Waals surface area contributed by atoms with E-state index in [0.29, 0.717) is 12.8 Å². The highest BCUT2D eigenvalue weighted by atomic mass is 16.3. The Morgan fingerprint density at radius 3 is 1.15 bits per heavy atom. The number of aliphatic hydroxyl groups is 2. The van der Waals surface area contributed by atoms with Crippen LogP contribution in [-0.2, 0) is 24.0 Å². The van der Waals surface area contributed by atoms with Crippen molar-refractivity contribution in [2.24, 2.45) is 0 Å². The molecule has 226 valence electrons. The lowest BCUT2D eigenvalue weighted by Gasteiger charge is -2.19. The van der Waals surface area contributed by atoms with Gasteiger partial charge < -0.3 is 10.2 Å². The normalized spacial score (nSPS) is 18.2. The van der Waals surface area contributed by atoms with E-state index in [1.54, 1.807) is 0 Å². The summed E-state index contributed by atoms with van der Waals surface area (Å²) in [7, 11) is 0. The van der Waals surface area contributed by atoms with E-state index in [1.165, 1.54) is 0 Å². The minimum Gasteiger partial charge on any atom is -0.369 e. The Labute approximate surface area is 280 Å². The first-order chi connectivity index (χ1) is 23.5. The SMILES string of the molecule is OC1(C#CCc2ccc(CC#CC3(O)c4ccccc4-c4cc5ccccc5cc43)cc2)c2ccccc2-c2cc3ccccc3cc21. The summed E-state index contributed by atoms with van der Waals surface area (Å²) in [5, 5.41) is 28.6. The summed E-state index contributed by atoms with van der Waals surface area (Å²) in [6.07, 6.45) is 1.03. The van der Waals surface area contributed by atoms with Gasteiger partial charge in [0.25, 0.3) is 0 Å². The first kappa shape index (κ1) is 28.3. The second kappa shape index (κ2) is 10.8. The highest BCUT2D eigenvalue weighted by Crippen LogP contribution is 2.49. The molecule has 0 fully saturated rings. The third kappa shape index (κ3) is 4.40. The van der Waals surface area contributed by atoms with Gasteiger partial charge in [0.15, 0.2) is 11.2 Å². The Morgan fingerprint density at radius 1 is 0.375 bits per heavy atom. The van der Waals surface area contributed by atoms with Gasteiger partial charge in [-0.25, -0.2) is 0 Å². The number of hydrogen-bond acceptors (Lipinski definition) is 2. The van der Waals surface area contributed by atoms with Crippen LogP contribution in [0.4, 0.5) is 0 Å². The maximum absolute atomic E-state index is 12.1. The van der Waals surface area contributed by atoms with E-state index in [0.717, 1.165) is 77.2 Å². The number of benzene rings is 7. The van der Waals surface area contributed by atoms with Crippen LogP contribution in [-0.4, -0.2) is 10.2 Å². The van der Waals surface area contributed by atoms with Crippen molar-refractivity contribution >= 4 is 21.5 Å². The van der Waals surface area contributed by atoms with E-state index in [2.05, 4.69) is 109 Å². The highest BCUT2D eigenvalue weighted by Gasteiger charge is 2.41. The predicted molar refractivity (Wildman–Crippen MR) is 194 cm³/mol.